The Kier molecular flexibility index (Phi) is 7.19. The summed E-state index contributed by atoms with van der Waals surface area (Å²) in [4.78, 5) is 35.4. The summed E-state index contributed by atoms with van der Waals surface area (Å²) in [5, 5.41) is 36.6. The first-order valence-electron chi connectivity index (χ1n) is 8.47. The third-order valence-corrected chi connectivity index (χ3v) is 9.38. The van der Waals surface area contributed by atoms with E-state index in [1.807, 2.05) is 24.3 Å². The van der Waals surface area contributed by atoms with Gasteiger partial charge in [-0.2, -0.15) is 21.0 Å². The third kappa shape index (κ3) is 4.25. The average Bonchev–Trinajstić information content (AvgIpc) is 2.82. The van der Waals surface area contributed by atoms with Crippen LogP contribution in [-0.4, -0.2) is 24.7 Å². The number of nitrogens with zero attached hydrogens (tertiary/aromatic N) is 4. The molecule has 0 spiro atoms. The van der Waals surface area contributed by atoms with Crippen molar-refractivity contribution in [2.24, 2.45) is 0 Å². The molecule has 7 nitrogen and oxygen atoms in total. The second-order valence-electron chi connectivity index (χ2n) is 6.06. The average molecular weight is 441 g/mol. The van der Waals surface area contributed by atoms with Crippen LogP contribution in [0.25, 0.3) is 0 Å². The summed E-state index contributed by atoms with van der Waals surface area (Å²) in [7, 11) is -4.04. The topological polar surface area (TPSA) is 146 Å². The molecule has 0 saturated carbocycles. The van der Waals surface area contributed by atoms with Crippen molar-refractivity contribution in [1.82, 2.24) is 0 Å². The van der Waals surface area contributed by atoms with Crippen molar-refractivity contribution in [3.63, 3.8) is 0 Å². The van der Waals surface area contributed by atoms with Crippen LogP contribution in [0, 0.1) is 45.3 Å². The molecule has 0 saturated heterocycles. The maximum atomic E-state index is 13.4. The minimum Gasteiger partial charge on any atom is -0.297 e. The van der Waals surface area contributed by atoms with E-state index in [4.69, 9.17) is 21.6 Å². The molecule has 0 aromatic heterocycles. The van der Waals surface area contributed by atoms with Crippen molar-refractivity contribution in [2.45, 2.75) is 6.42 Å². The lowest BCUT2D eigenvalue weighted by atomic mass is 10.1. The first-order valence-corrected chi connectivity index (χ1v) is 11.5. The molecule has 0 bridgehead atoms. The number of carbonyl (C=O) groups excluding carboxylic acids is 3. The van der Waals surface area contributed by atoms with E-state index in [0.717, 1.165) is 6.08 Å². The van der Waals surface area contributed by atoms with Gasteiger partial charge in [0.05, 0.1) is 27.8 Å². The molecule has 0 aliphatic rings. The molecule has 0 N–H and O–H groups in total. The highest BCUT2D eigenvalue weighted by Gasteiger charge is 2.46. The minimum atomic E-state index is -4.04. The van der Waals surface area contributed by atoms with Gasteiger partial charge in [0.15, 0.2) is 5.41 Å². The summed E-state index contributed by atoms with van der Waals surface area (Å²) < 4.78 is 0. The number of carbonyl (C=O) groups is 1. The Labute approximate surface area is 182 Å². The highest BCUT2D eigenvalue weighted by molar-refractivity contribution is 7.49. The Morgan fingerprint density at radius 3 is 1.65 bits per heavy atom. The van der Waals surface area contributed by atoms with E-state index < -0.39 is 18.4 Å². The van der Waals surface area contributed by atoms with Gasteiger partial charge >= 0.3 is 0 Å². The SMILES string of the molecule is N#Cc1ccc([Si](Cl)(C(=O)C(=C=O)CC=C=O)c2ccc(C#N)c(C#N)c2)cc1C#N. The first-order chi connectivity index (χ1) is 14.9. The molecular weight excluding hydrogens is 432 g/mol. The van der Waals surface area contributed by atoms with Gasteiger partial charge in [0.25, 0.3) is 7.38 Å². The molecule has 0 atom stereocenters. The zero-order valence-electron chi connectivity index (χ0n) is 15.6. The number of halogens is 1. The predicted molar refractivity (Wildman–Crippen MR) is 112 cm³/mol. The van der Waals surface area contributed by atoms with E-state index in [0.29, 0.717) is 0 Å². The summed E-state index contributed by atoms with van der Waals surface area (Å²) in [5.74, 6) is 2.98. The standard InChI is InChI=1S/C22H9ClN4O3Si/c23-31(22(30)17(14-29)2-1-7-28,20-5-3-15(10-24)18(8-20)12-26)21-6-4-16(11-25)19(9-21)13-27/h1,3-6,8-9H,2H2. The molecule has 2 aromatic rings. The van der Waals surface area contributed by atoms with Gasteiger partial charge in [-0.25, -0.2) is 9.59 Å². The van der Waals surface area contributed by atoms with Crippen LogP contribution in [0.3, 0.4) is 0 Å². The summed E-state index contributed by atoms with van der Waals surface area (Å²) in [6, 6.07) is 15.5. The van der Waals surface area contributed by atoms with Crippen molar-refractivity contribution in [3.8, 4) is 24.3 Å². The zero-order chi connectivity index (χ0) is 23.0. The molecule has 0 amide bonds. The monoisotopic (exact) mass is 440 g/mol. The van der Waals surface area contributed by atoms with Gasteiger partial charge in [0, 0.05) is 12.5 Å². The fourth-order valence-electron chi connectivity index (χ4n) is 2.86. The lowest BCUT2D eigenvalue weighted by Crippen LogP contribution is -2.61. The van der Waals surface area contributed by atoms with Crippen molar-refractivity contribution in [2.75, 3.05) is 0 Å². The van der Waals surface area contributed by atoms with Crippen LogP contribution in [0.15, 0.2) is 48.0 Å². The summed E-state index contributed by atoms with van der Waals surface area (Å²) >= 11 is 6.93. The number of allylic oxidation sites excluding steroid dienone is 2. The second-order valence-corrected chi connectivity index (χ2v) is 10.7. The molecule has 0 fully saturated rings. The first kappa shape index (κ1) is 22.8. The Bertz CT molecular complexity index is 1280. The van der Waals surface area contributed by atoms with E-state index in [1.165, 1.54) is 48.3 Å². The molecule has 0 radical (unpaired) electrons. The molecule has 0 aliphatic heterocycles. The lowest BCUT2D eigenvalue weighted by molar-refractivity contribution is -0.109. The molecule has 9 heteroatoms. The Morgan fingerprint density at radius 2 is 1.29 bits per heavy atom. The smallest absolute Gasteiger partial charge is 0.295 e. The van der Waals surface area contributed by atoms with Gasteiger partial charge in [-0.05, 0) is 34.6 Å². The van der Waals surface area contributed by atoms with Gasteiger partial charge in [-0.15, -0.1) is 11.1 Å². The quantitative estimate of drug-likeness (QED) is 0.283. The number of benzene rings is 2. The highest BCUT2D eigenvalue weighted by atomic mass is 35.6. The molecule has 146 valence electrons. The van der Waals surface area contributed by atoms with Crippen molar-refractivity contribution >= 4 is 46.1 Å². The fraction of sp³-hybridized carbons (Fsp3) is 0.0455. The maximum Gasteiger partial charge on any atom is 0.295 e. The largest absolute Gasteiger partial charge is 0.297 e. The minimum absolute atomic E-state index is 0.0242. The molecule has 0 aliphatic carbocycles. The molecule has 0 heterocycles. The molecular formula is C22H9ClN4O3Si. The highest BCUT2D eigenvalue weighted by Crippen LogP contribution is 2.21. The van der Waals surface area contributed by atoms with Crippen LogP contribution in [0.1, 0.15) is 28.7 Å². The van der Waals surface area contributed by atoms with Crippen molar-refractivity contribution in [3.05, 3.63) is 70.3 Å². The summed E-state index contributed by atoms with van der Waals surface area (Å²) in [5.41, 5.74) is -0.317. The van der Waals surface area contributed by atoms with Gasteiger partial charge in [0.1, 0.15) is 36.2 Å². The molecule has 2 aromatic carbocycles. The van der Waals surface area contributed by atoms with Crippen molar-refractivity contribution < 1.29 is 14.4 Å². The number of rotatable bonds is 6. The normalized spacial score (nSPS) is 9.58. The molecule has 2 rings (SSSR count). The van der Waals surface area contributed by atoms with E-state index in [1.54, 1.807) is 0 Å². The van der Waals surface area contributed by atoms with Crippen LogP contribution >= 0.6 is 11.1 Å². The van der Waals surface area contributed by atoms with Gasteiger partial charge in [-0.3, -0.25) is 4.79 Å². The van der Waals surface area contributed by atoms with Crippen molar-refractivity contribution in [1.29, 1.82) is 21.0 Å². The van der Waals surface area contributed by atoms with Crippen LogP contribution in [0.2, 0.25) is 0 Å². The van der Waals surface area contributed by atoms with Crippen LogP contribution in [0.5, 0.6) is 0 Å². The third-order valence-electron chi connectivity index (χ3n) is 4.42. The lowest BCUT2D eigenvalue weighted by Gasteiger charge is -2.25. The maximum absolute atomic E-state index is 13.4. The van der Waals surface area contributed by atoms with Crippen LogP contribution in [-0.2, 0) is 14.4 Å². The van der Waals surface area contributed by atoms with E-state index >= 15 is 0 Å². The van der Waals surface area contributed by atoms with Gasteiger partial charge in [-0.1, -0.05) is 12.1 Å². The summed E-state index contributed by atoms with van der Waals surface area (Å²) in [6.07, 6.45) is 0.582. The zero-order valence-corrected chi connectivity index (χ0v) is 17.4. The van der Waals surface area contributed by atoms with Crippen LogP contribution < -0.4 is 10.4 Å². The predicted octanol–water partition coefficient (Wildman–Crippen LogP) is 1.12. The van der Waals surface area contributed by atoms with Gasteiger partial charge in [0.2, 0.25) is 0 Å². The van der Waals surface area contributed by atoms with Crippen LogP contribution in [0.4, 0.5) is 0 Å². The molecule has 0 unspecified atom stereocenters. The Hall–Kier alpha value is -4.52. The Balaban J connectivity index is 2.89. The fourth-order valence-corrected chi connectivity index (χ4v) is 6.64. The van der Waals surface area contributed by atoms with E-state index in [2.05, 4.69) is 0 Å². The number of hydrogen-bond donors (Lipinski definition) is 0. The second kappa shape index (κ2) is 9.79. The van der Waals surface area contributed by atoms with E-state index in [-0.39, 0.29) is 39.0 Å². The van der Waals surface area contributed by atoms with Gasteiger partial charge < -0.3 is 0 Å². The number of hydrogen-bond acceptors (Lipinski definition) is 7. The van der Waals surface area contributed by atoms with E-state index in [9.17, 15) is 24.9 Å². The summed E-state index contributed by atoms with van der Waals surface area (Å²) in [6.45, 7) is 0. The number of nitriles is 4. The Morgan fingerprint density at radius 1 is 0.839 bits per heavy atom. The molecule has 31 heavy (non-hydrogen) atoms.